The Morgan fingerprint density at radius 2 is 1.65 bits per heavy atom. The van der Waals surface area contributed by atoms with Gasteiger partial charge in [0.25, 0.3) is 0 Å². The zero-order valence-electron chi connectivity index (χ0n) is 14.1. The molecule has 0 atom stereocenters. The Morgan fingerprint density at radius 1 is 1.00 bits per heavy atom. The van der Waals surface area contributed by atoms with Gasteiger partial charge in [-0.3, -0.25) is 0 Å². The van der Waals surface area contributed by atoms with Gasteiger partial charge in [0.1, 0.15) is 5.01 Å². The van der Waals surface area contributed by atoms with Crippen LogP contribution in [0, 0.1) is 0 Å². The van der Waals surface area contributed by atoms with E-state index in [0.717, 1.165) is 43.3 Å². The molecular weight excluding hydrogens is 326 g/mol. The highest BCUT2D eigenvalue weighted by atomic mass is 32.1. The summed E-state index contributed by atoms with van der Waals surface area (Å²) in [6, 6.07) is 0. The quantitative estimate of drug-likeness (QED) is 0.567. The molecule has 0 radical (unpaired) electrons. The van der Waals surface area contributed by atoms with Crippen LogP contribution < -0.4 is 10.6 Å². The van der Waals surface area contributed by atoms with Crippen molar-refractivity contribution in [2.75, 3.05) is 13.1 Å². The van der Waals surface area contributed by atoms with Crippen molar-refractivity contribution in [2.45, 2.75) is 46.6 Å². The molecule has 0 unspecified atom stereocenters. The van der Waals surface area contributed by atoms with Gasteiger partial charge < -0.3 is 10.6 Å². The van der Waals surface area contributed by atoms with Crippen molar-refractivity contribution in [3.63, 3.8) is 0 Å². The Morgan fingerprint density at radius 3 is 2.26 bits per heavy atom. The summed E-state index contributed by atoms with van der Waals surface area (Å²) in [5.74, 6) is 0.841. The highest BCUT2D eigenvalue weighted by Crippen LogP contribution is 2.14. The molecule has 0 aliphatic rings. The number of rotatable bonds is 8. The molecular formula is C16H25N5S2. The lowest BCUT2D eigenvalue weighted by Gasteiger charge is -2.10. The minimum Gasteiger partial charge on any atom is -0.357 e. The summed E-state index contributed by atoms with van der Waals surface area (Å²) in [5, 5.41) is 8.88. The topological polar surface area (TPSA) is 62.2 Å². The first-order chi connectivity index (χ1) is 11.2. The van der Waals surface area contributed by atoms with Gasteiger partial charge in [0.05, 0.1) is 11.6 Å². The Balaban J connectivity index is 1.83. The van der Waals surface area contributed by atoms with Gasteiger partial charge in [-0.25, -0.2) is 15.0 Å². The van der Waals surface area contributed by atoms with E-state index >= 15 is 0 Å². The minimum absolute atomic E-state index is 0.622. The summed E-state index contributed by atoms with van der Waals surface area (Å²) in [7, 11) is 0. The maximum atomic E-state index is 4.61. The average Bonchev–Trinajstić information content (AvgIpc) is 3.21. The van der Waals surface area contributed by atoms with Crippen molar-refractivity contribution in [1.82, 2.24) is 20.6 Å². The molecule has 0 fully saturated rings. The second kappa shape index (κ2) is 9.62. The van der Waals surface area contributed by atoms with Crippen LogP contribution in [0.3, 0.4) is 0 Å². The molecule has 0 aliphatic heterocycles. The molecule has 0 bridgehead atoms. The first-order valence-electron chi connectivity index (χ1n) is 8.14. The summed E-state index contributed by atoms with van der Waals surface area (Å²) in [5.41, 5.74) is 0. The van der Waals surface area contributed by atoms with Crippen molar-refractivity contribution >= 4 is 28.6 Å². The van der Waals surface area contributed by atoms with Gasteiger partial charge in [0, 0.05) is 41.7 Å². The third-order valence-electron chi connectivity index (χ3n) is 3.25. The number of thiazole rings is 2. The van der Waals surface area contributed by atoms with Crippen LogP contribution in [0.1, 0.15) is 40.5 Å². The number of hydrogen-bond donors (Lipinski definition) is 2. The van der Waals surface area contributed by atoms with Crippen LogP contribution in [0.4, 0.5) is 0 Å². The van der Waals surface area contributed by atoms with Crippen molar-refractivity contribution in [3.05, 3.63) is 32.2 Å². The minimum atomic E-state index is 0.622. The molecule has 0 aliphatic carbocycles. The second-order valence-corrected chi connectivity index (χ2v) is 7.42. The molecule has 7 heteroatoms. The molecule has 2 aromatic rings. The molecule has 2 aromatic heterocycles. The van der Waals surface area contributed by atoms with Crippen LogP contribution >= 0.6 is 22.7 Å². The SMILES string of the molecule is CCNC(=NCc1ncc(CC)s1)NCCc1ncc(CC)s1. The first-order valence-corrected chi connectivity index (χ1v) is 9.77. The number of aromatic nitrogens is 2. The number of nitrogens with one attached hydrogen (secondary N) is 2. The first kappa shape index (κ1) is 17.9. The monoisotopic (exact) mass is 351 g/mol. The molecule has 0 saturated carbocycles. The van der Waals surface area contributed by atoms with Gasteiger partial charge in [-0.2, -0.15) is 0 Å². The largest absolute Gasteiger partial charge is 0.357 e. The molecule has 126 valence electrons. The van der Waals surface area contributed by atoms with Crippen molar-refractivity contribution in [3.8, 4) is 0 Å². The summed E-state index contributed by atoms with van der Waals surface area (Å²) in [6.45, 7) is 8.69. The number of nitrogens with zero attached hydrogens (tertiary/aromatic N) is 3. The van der Waals surface area contributed by atoms with Crippen molar-refractivity contribution in [2.24, 2.45) is 4.99 Å². The third-order valence-corrected chi connectivity index (χ3v) is 5.58. The van der Waals surface area contributed by atoms with Crippen LogP contribution in [0.5, 0.6) is 0 Å². The van der Waals surface area contributed by atoms with E-state index in [1.54, 1.807) is 22.7 Å². The lowest BCUT2D eigenvalue weighted by atomic mass is 10.4. The Hall–Kier alpha value is -1.47. The highest BCUT2D eigenvalue weighted by Gasteiger charge is 2.03. The lowest BCUT2D eigenvalue weighted by molar-refractivity contribution is 0.796. The van der Waals surface area contributed by atoms with E-state index in [4.69, 9.17) is 0 Å². The fourth-order valence-electron chi connectivity index (χ4n) is 1.99. The predicted octanol–water partition coefficient (Wildman–Crippen LogP) is 3.02. The van der Waals surface area contributed by atoms with Crippen LogP contribution in [0.15, 0.2) is 17.4 Å². The highest BCUT2D eigenvalue weighted by molar-refractivity contribution is 7.11. The number of aryl methyl sites for hydroxylation is 2. The molecule has 5 nitrogen and oxygen atoms in total. The second-order valence-electron chi connectivity index (χ2n) is 5.02. The van der Waals surface area contributed by atoms with Gasteiger partial charge in [-0.15, -0.1) is 22.7 Å². The Bertz CT molecular complexity index is 618. The molecule has 0 aromatic carbocycles. The summed E-state index contributed by atoms with van der Waals surface area (Å²) < 4.78 is 0. The van der Waals surface area contributed by atoms with E-state index in [0.29, 0.717) is 6.54 Å². The van der Waals surface area contributed by atoms with E-state index in [9.17, 15) is 0 Å². The fourth-order valence-corrected chi connectivity index (χ4v) is 3.64. The fraction of sp³-hybridized carbons (Fsp3) is 0.562. The van der Waals surface area contributed by atoms with Gasteiger partial charge in [-0.05, 0) is 19.8 Å². The van der Waals surface area contributed by atoms with Crippen LogP contribution in [0.25, 0.3) is 0 Å². The molecule has 2 rings (SSSR count). The Kier molecular flexibility index (Phi) is 7.48. The van der Waals surface area contributed by atoms with Gasteiger partial charge in [0.2, 0.25) is 0 Å². The normalized spacial score (nSPS) is 11.7. The van der Waals surface area contributed by atoms with E-state index in [1.807, 2.05) is 12.4 Å². The maximum Gasteiger partial charge on any atom is 0.191 e. The van der Waals surface area contributed by atoms with Gasteiger partial charge in [0.15, 0.2) is 5.96 Å². The van der Waals surface area contributed by atoms with E-state index in [-0.39, 0.29) is 0 Å². The van der Waals surface area contributed by atoms with Crippen molar-refractivity contribution < 1.29 is 0 Å². The molecule has 0 spiro atoms. The summed E-state index contributed by atoms with van der Waals surface area (Å²) in [4.78, 5) is 16.1. The standard InChI is InChI=1S/C16H25N5S2/c1-4-12-9-19-14(22-12)7-8-18-16(17-6-3)21-11-15-20-10-13(5-2)23-15/h9-10H,4-8,11H2,1-3H3,(H2,17,18,21). The molecule has 0 saturated heterocycles. The molecule has 0 amide bonds. The number of aliphatic imine (C=N–C) groups is 1. The average molecular weight is 352 g/mol. The van der Waals surface area contributed by atoms with E-state index in [1.165, 1.54) is 14.8 Å². The molecule has 2 N–H and O–H groups in total. The smallest absolute Gasteiger partial charge is 0.191 e. The maximum absolute atomic E-state index is 4.61. The zero-order chi connectivity index (χ0) is 16.5. The lowest BCUT2D eigenvalue weighted by Crippen LogP contribution is -2.38. The van der Waals surface area contributed by atoms with Crippen LogP contribution in [-0.4, -0.2) is 29.0 Å². The number of hydrogen-bond acceptors (Lipinski definition) is 5. The van der Waals surface area contributed by atoms with Gasteiger partial charge >= 0.3 is 0 Å². The van der Waals surface area contributed by atoms with Crippen molar-refractivity contribution in [1.29, 1.82) is 0 Å². The van der Waals surface area contributed by atoms with Crippen LogP contribution in [0.2, 0.25) is 0 Å². The number of guanidine groups is 1. The predicted molar refractivity (Wildman–Crippen MR) is 99.5 cm³/mol. The van der Waals surface area contributed by atoms with Crippen LogP contribution in [-0.2, 0) is 25.8 Å². The molecule has 23 heavy (non-hydrogen) atoms. The van der Waals surface area contributed by atoms with E-state index in [2.05, 4.69) is 46.4 Å². The molecule has 2 heterocycles. The van der Waals surface area contributed by atoms with E-state index < -0.39 is 0 Å². The summed E-state index contributed by atoms with van der Waals surface area (Å²) in [6.07, 6.45) is 6.94. The summed E-state index contributed by atoms with van der Waals surface area (Å²) >= 11 is 3.53. The zero-order valence-corrected chi connectivity index (χ0v) is 15.7. The third kappa shape index (κ3) is 5.91. The van der Waals surface area contributed by atoms with Gasteiger partial charge in [-0.1, -0.05) is 13.8 Å². The Labute approximate surface area is 146 Å².